The summed E-state index contributed by atoms with van der Waals surface area (Å²) in [7, 11) is 0. The summed E-state index contributed by atoms with van der Waals surface area (Å²) in [6.45, 7) is -0.796. The molecule has 34 heavy (non-hydrogen) atoms. The second-order valence-corrected chi connectivity index (χ2v) is 7.83. The van der Waals surface area contributed by atoms with Crippen molar-refractivity contribution in [3.8, 4) is 0 Å². The Bertz CT molecular complexity index is 958. The van der Waals surface area contributed by atoms with Crippen LogP contribution < -0.4 is 21.7 Å². The number of aliphatic carboxylic acids is 1. The van der Waals surface area contributed by atoms with Crippen LogP contribution in [0.5, 0.6) is 0 Å². The number of imidazole rings is 1. The van der Waals surface area contributed by atoms with Gasteiger partial charge in [0.1, 0.15) is 18.1 Å². The van der Waals surface area contributed by atoms with Crippen LogP contribution in [0.25, 0.3) is 0 Å². The molecule has 1 aromatic heterocycles. The standard InChI is InChI=1S/C21H28N6O6S/c22-14(10-34)18(29)25-15(7-13-8-23-11-24-13)19(30)27-17(9-28)20(31)26-16(21(32)33)6-12-4-2-1-3-5-12/h1-5,8,11,14-17,28,34H,6-7,9-10,22H2,(H,23,24)(H,25,29)(H,26,31)(H,27,30)(H,32,33). The number of nitrogens with zero attached hydrogens (tertiary/aromatic N) is 1. The average Bonchev–Trinajstić information content (AvgIpc) is 3.34. The summed E-state index contributed by atoms with van der Waals surface area (Å²) in [4.78, 5) is 56.0. The lowest BCUT2D eigenvalue weighted by atomic mass is 10.1. The van der Waals surface area contributed by atoms with Gasteiger partial charge in [-0.25, -0.2) is 9.78 Å². The molecule has 0 radical (unpaired) electrons. The quantitative estimate of drug-likeness (QED) is 0.146. The van der Waals surface area contributed by atoms with E-state index in [4.69, 9.17) is 5.73 Å². The third-order valence-electron chi connectivity index (χ3n) is 4.86. The van der Waals surface area contributed by atoms with Gasteiger partial charge in [0.05, 0.1) is 19.0 Å². The third-order valence-corrected chi connectivity index (χ3v) is 5.25. The van der Waals surface area contributed by atoms with Gasteiger partial charge in [0.25, 0.3) is 0 Å². The Balaban J connectivity index is 2.08. The molecule has 2 aromatic rings. The number of benzene rings is 1. The lowest BCUT2D eigenvalue weighted by Gasteiger charge is -2.24. The molecule has 4 atom stereocenters. The summed E-state index contributed by atoms with van der Waals surface area (Å²) >= 11 is 3.96. The second-order valence-electron chi connectivity index (χ2n) is 7.46. The maximum absolute atomic E-state index is 12.9. The fourth-order valence-electron chi connectivity index (χ4n) is 2.98. The van der Waals surface area contributed by atoms with E-state index in [2.05, 4.69) is 38.5 Å². The van der Waals surface area contributed by atoms with Gasteiger partial charge in [0, 0.05) is 30.5 Å². The average molecular weight is 493 g/mol. The zero-order valence-corrected chi connectivity index (χ0v) is 19.1. The number of carboxylic acids is 1. The van der Waals surface area contributed by atoms with E-state index in [9.17, 15) is 29.4 Å². The molecule has 3 amide bonds. The number of thiol groups is 1. The minimum atomic E-state index is -1.45. The molecule has 2 rings (SSSR count). The number of H-pyrrole nitrogens is 1. The van der Waals surface area contributed by atoms with E-state index in [-0.39, 0.29) is 18.6 Å². The summed E-state index contributed by atoms with van der Waals surface area (Å²) in [5, 5.41) is 26.3. The van der Waals surface area contributed by atoms with Crippen molar-refractivity contribution in [2.75, 3.05) is 12.4 Å². The highest BCUT2D eigenvalue weighted by Crippen LogP contribution is 2.05. The van der Waals surface area contributed by atoms with Crippen LogP contribution in [-0.4, -0.2) is 80.4 Å². The van der Waals surface area contributed by atoms with Crippen LogP contribution in [0.1, 0.15) is 11.3 Å². The number of carbonyl (C=O) groups excluding carboxylic acids is 3. The molecule has 0 aliphatic rings. The molecule has 0 bridgehead atoms. The van der Waals surface area contributed by atoms with Crippen molar-refractivity contribution in [2.24, 2.45) is 5.73 Å². The first-order chi connectivity index (χ1) is 16.2. The van der Waals surface area contributed by atoms with Crippen LogP contribution in [0.15, 0.2) is 42.9 Å². The number of carboxylic acid groups (broad SMARTS) is 1. The number of hydrogen-bond donors (Lipinski definition) is 8. The molecule has 12 nitrogen and oxygen atoms in total. The smallest absolute Gasteiger partial charge is 0.326 e. The molecular weight excluding hydrogens is 464 g/mol. The van der Waals surface area contributed by atoms with E-state index >= 15 is 0 Å². The van der Waals surface area contributed by atoms with Crippen LogP contribution in [-0.2, 0) is 32.0 Å². The molecule has 0 fully saturated rings. The van der Waals surface area contributed by atoms with Gasteiger partial charge in [-0.15, -0.1) is 0 Å². The van der Waals surface area contributed by atoms with Gasteiger partial charge >= 0.3 is 5.97 Å². The number of carbonyl (C=O) groups is 4. The van der Waals surface area contributed by atoms with E-state index in [1.807, 2.05) is 0 Å². The van der Waals surface area contributed by atoms with Crippen molar-refractivity contribution in [1.82, 2.24) is 25.9 Å². The molecule has 1 aromatic carbocycles. The molecule has 184 valence electrons. The predicted molar refractivity (Wildman–Crippen MR) is 125 cm³/mol. The van der Waals surface area contributed by atoms with Gasteiger partial charge in [-0.3, -0.25) is 14.4 Å². The maximum atomic E-state index is 12.9. The highest BCUT2D eigenvalue weighted by molar-refractivity contribution is 7.80. The first-order valence-electron chi connectivity index (χ1n) is 10.4. The first-order valence-corrected chi connectivity index (χ1v) is 11.0. The molecule has 0 aliphatic carbocycles. The minimum Gasteiger partial charge on any atom is -0.480 e. The molecule has 8 N–H and O–H groups in total. The number of aliphatic hydroxyl groups is 1. The number of amides is 3. The minimum absolute atomic E-state index is 0.00237. The summed E-state index contributed by atoms with van der Waals surface area (Å²) in [6, 6.07) is 3.82. The van der Waals surface area contributed by atoms with E-state index in [0.717, 1.165) is 0 Å². The van der Waals surface area contributed by atoms with E-state index in [1.54, 1.807) is 30.3 Å². The van der Waals surface area contributed by atoms with Crippen LogP contribution in [0, 0.1) is 0 Å². The maximum Gasteiger partial charge on any atom is 0.326 e. The number of nitrogens with one attached hydrogen (secondary N) is 4. The Hall–Kier alpha value is -3.42. The van der Waals surface area contributed by atoms with Gasteiger partial charge < -0.3 is 36.9 Å². The first kappa shape index (κ1) is 26.8. The molecule has 0 spiro atoms. The lowest BCUT2D eigenvalue weighted by molar-refractivity contribution is -0.142. The van der Waals surface area contributed by atoms with Crippen molar-refractivity contribution in [1.29, 1.82) is 0 Å². The predicted octanol–water partition coefficient (Wildman–Crippen LogP) is -2.02. The lowest BCUT2D eigenvalue weighted by Crippen LogP contribution is -2.58. The fourth-order valence-corrected chi connectivity index (χ4v) is 3.14. The van der Waals surface area contributed by atoms with Crippen LogP contribution in [0.4, 0.5) is 0 Å². The molecule has 0 aliphatic heterocycles. The summed E-state index contributed by atoms with van der Waals surface area (Å²) in [6.07, 6.45) is 2.87. The van der Waals surface area contributed by atoms with Crippen molar-refractivity contribution < 1.29 is 29.4 Å². The summed E-state index contributed by atoms with van der Waals surface area (Å²) in [5.41, 5.74) is 6.87. The van der Waals surface area contributed by atoms with Crippen molar-refractivity contribution >= 4 is 36.3 Å². The van der Waals surface area contributed by atoms with Crippen LogP contribution in [0.3, 0.4) is 0 Å². The molecule has 4 unspecified atom stereocenters. The number of rotatable bonds is 13. The van der Waals surface area contributed by atoms with E-state index in [0.29, 0.717) is 11.3 Å². The monoisotopic (exact) mass is 492 g/mol. The number of hydrogen-bond acceptors (Lipinski definition) is 8. The van der Waals surface area contributed by atoms with Crippen molar-refractivity contribution in [3.63, 3.8) is 0 Å². The van der Waals surface area contributed by atoms with Gasteiger partial charge in [-0.05, 0) is 5.56 Å². The van der Waals surface area contributed by atoms with Gasteiger partial charge in [0.2, 0.25) is 17.7 Å². The Morgan fingerprint density at radius 2 is 1.59 bits per heavy atom. The Kier molecular flexibility index (Phi) is 10.5. The van der Waals surface area contributed by atoms with E-state index < -0.39 is 54.5 Å². The molecule has 13 heteroatoms. The Morgan fingerprint density at radius 1 is 0.971 bits per heavy atom. The number of aromatic nitrogens is 2. The van der Waals surface area contributed by atoms with Crippen LogP contribution in [0.2, 0.25) is 0 Å². The van der Waals surface area contributed by atoms with E-state index in [1.165, 1.54) is 12.5 Å². The van der Waals surface area contributed by atoms with Crippen LogP contribution >= 0.6 is 12.6 Å². The van der Waals surface area contributed by atoms with Gasteiger partial charge in [-0.1, -0.05) is 30.3 Å². The normalized spacial score (nSPS) is 14.3. The Morgan fingerprint density at radius 3 is 2.15 bits per heavy atom. The highest BCUT2D eigenvalue weighted by atomic mass is 32.1. The van der Waals surface area contributed by atoms with Gasteiger partial charge in [-0.2, -0.15) is 12.6 Å². The van der Waals surface area contributed by atoms with Gasteiger partial charge in [0.15, 0.2) is 0 Å². The van der Waals surface area contributed by atoms with Crippen molar-refractivity contribution in [3.05, 3.63) is 54.1 Å². The zero-order chi connectivity index (χ0) is 25.1. The summed E-state index contributed by atoms with van der Waals surface area (Å²) < 4.78 is 0. The SMILES string of the molecule is NC(CS)C(=O)NC(Cc1cnc[nH]1)C(=O)NC(CO)C(=O)NC(Cc1ccccc1)C(=O)O. The molecule has 0 saturated heterocycles. The second kappa shape index (κ2) is 13.3. The fraction of sp³-hybridized carbons (Fsp3) is 0.381. The summed E-state index contributed by atoms with van der Waals surface area (Å²) in [5.74, 6) is -3.53. The highest BCUT2D eigenvalue weighted by Gasteiger charge is 2.30. The molecule has 0 saturated carbocycles. The molecular formula is C21H28N6O6S. The zero-order valence-electron chi connectivity index (χ0n) is 18.2. The topological polar surface area (TPSA) is 200 Å². The number of nitrogens with two attached hydrogens (primary N) is 1. The number of aromatic amines is 1. The Labute approximate surface area is 201 Å². The third kappa shape index (κ3) is 8.17. The number of aliphatic hydroxyl groups excluding tert-OH is 1. The molecule has 1 heterocycles. The van der Waals surface area contributed by atoms with Crippen molar-refractivity contribution in [2.45, 2.75) is 37.0 Å². The largest absolute Gasteiger partial charge is 0.480 e.